The van der Waals surface area contributed by atoms with Gasteiger partial charge in [0.1, 0.15) is 0 Å². The van der Waals surface area contributed by atoms with Crippen LogP contribution >= 0.6 is 0 Å². The predicted molar refractivity (Wildman–Crippen MR) is 110 cm³/mol. The molecular formula is C23H33NO6. The van der Waals surface area contributed by atoms with Crippen molar-refractivity contribution in [1.29, 1.82) is 0 Å². The monoisotopic (exact) mass is 419 g/mol. The fraction of sp³-hybridized carbons (Fsp3) is 0.783. The highest BCUT2D eigenvalue weighted by Gasteiger charge is 2.60. The molecule has 0 aromatic carbocycles. The van der Waals surface area contributed by atoms with E-state index >= 15 is 0 Å². The smallest absolute Gasteiger partial charge is 0.344 e. The molecule has 0 spiro atoms. The van der Waals surface area contributed by atoms with Crippen LogP contribution in [0.1, 0.15) is 59.3 Å². The van der Waals surface area contributed by atoms with Crippen LogP contribution in [-0.2, 0) is 14.4 Å². The predicted octanol–water partition coefficient (Wildman–Crippen LogP) is 2.55. The standard InChI is InChI=1S/C23H33NO6/c1-12(24-30-11-21(28)29)14-4-5-15-13-8-18(25)17-9-19(26)20(27)10-23(17,3)16(13)6-7-22(14,15)2/h8,14-17,19-20,26-27H,4-7,9-11H2,1-3H3,(H,28,29)/b24-12-/t14-,15?,16?,17?,19?,20?,22?,23?/m1/s1. The number of aliphatic carboxylic acids is 1. The van der Waals surface area contributed by atoms with Gasteiger partial charge in [0.25, 0.3) is 0 Å². The number of aliphatic hydroxyl groups is 2. The lowest BCUT2D eigenvalue weighted by Gasteiger charge is -2.57. The SMILES string of the molecule is C/C(=N/OCC(=O)O)[C@H]1CCC2C3=CC(=O)C4CC(O)C(O)CC4(C)C3CCC21C. The van der Waals surface area contributed by atoms with Gasteiger partial charge in [0.15, 0.2) is 5.78 Å². The van der Waals surface area contributed by atoms with E-state index in [1.807, 2.05) is 13.0 Å². The number of carbonyl (C=O) groups excluding carboxylic acids is 1. The number of allylic oxidation sites excluding steroid dienone is 2. The maximum Gasteiger partial charge on any atom is 0.344 e. The van der Waals surface area contributed by atoms with Crippen LogP contribution in [0.3, 0.4) is 0 Å². The van der Waals surface area contributed by atoms with Gasteiger partial charge in [0, 0.05) is 11.8 Å². The van der Waals surface area contributed by atoms with E-state index in [1.165, 1.54) is 5.57 Å². The summed E-state index contributed by atoms with van der Waals surface area (Å²) in [5.41, 5.74) is 1.69. The number of hydrogen-bond donors (Lipinski definition) is 3. The van der Waals surface area contributed by atoms with Gasteiger partial charge in [-0.15, -0.1) is 0 Å². The molecule has 0 aromatic rings. The van der Waals surface area contributed by atoms with E-state index in [1.54, 1.807) is 0 Å². The van der Waals surface area contributed by atoms with E-state index < -0.39 is 24.8 Å². The number of oxime groups is 1. The third kappa shape index (κ3) is 3.21. The minimum absolute atomic E-state index is 0.0429. The average Bonchev–Trinajstić information content (AvgIpc) is 3.01. The minimum atomic E-state index is -1.05. The minimum Gasteiger partial charge on any atom is -0.479 e. The molecule has 0 aliphatic heterocycles. The summed E-state index contributed by atoms with van der Waals surface area (Å²) in [6.45, 7) is 5.85. The maximum atomic E-state index is 13.1. The van der Waals surface area contributed by atoms with E-state index in [9.17, 15) is 19.8 Å². The van der Waals surface area contributed by atoms with Crippen LogP contribution in [-0.4, -0.2) is 51.6 Å². The molecule has 7 unspecified atom stereocenters. The molecule has 0 bridgehead atoms. The van der Waals surface area contributed by atoms with Gasteiger partial charge in [-0.3, -0.25) is 4.79 Å². The Morgan fingerprint density at radius 2 is 1.83 bits per heavy atom. The largest absolute Gasteiger partial charge is 0.479 e. The van der Waals surface area contributed by atoms with Crippen LogP contribution in [0, 0.1) is 34.5 Å². The Hall–Kier alpha value is -1.73. The van der Waals surface area contributed by atoms with Crippen LogP contribution in [0.2, 0.25) is 0 Å². The maximum absolute atomic E-state index is 13.1. The Morgan fingerprint density at radius 3 is 2.53 bits per heavy atom. The Labute approximate surface area is 177 Å². The molecule has 4 rings (SSSR count). The number of carboxylic acid groups (broad SMARTS) is 1. The van der Waals surface area contributed by atoms with E-state index in [0.717, 1.165) is 31.4 Å². The van der Waals surface area contributed by atoms with Crippen molar-refractivity contribution in [2.24, 2.45) is 39.7 Å². The lowest BCUT2D eigenvalue weighted by molar-refractivity contribution is -0.143. The van der Waals surface area contributed by atoms with E-state index in [0.29, 0.717) is 12.8 Å². The lowest BCUT2D eigenvalue weighted by Crippen LogP contribution is -2.55. The molecular weight excluding hydrogens is 386 g/mol. The van der Waals surface area contributed by atoms with Crippen molar-refractivity contribution in [2.45, 2.75) is 71.5 Å². The molecule has 4 aliphatic rings. The molecule has 7 nitrogen and oxygen atoms in total. The van der Waals surface area contributed by atoms with Gasteiger partial charge in [-0.1, -0.05) is 24.6 Å². The second kappa shape index (κ2) is 7.45. The van der Waals surface area contributed by atoms with Crippen LogP contribution < -0.4 is 0 Å². The van der Waals surface area contributed by atoms with Crippen LogP contribution in [0.4, 0.5) is 0 Å². The number of hydrogen-bond acceptors (Lipinski definition) is 6. The zero-order chi connectivity index (χ0) is 21.8. The van der Waals surface area contributed by atoms with Crippen molar-refractivity contribution < 1.29 is 29.7 Å². The summed E-state index contributed by atoms with van der Waals surface area (Å²) in [7, 11) is 0. The molecule has 30 heavy (non-hydrogen) atoms. The molecule has 7 heteroatoms. The summed E-state index contributed by atoms with van der Waals surface area (Å²) in [6, 6.07) is 0. The first kappa shape index (κ1) is 21.5. The third-order valence-corrected chi connectivity index (χ3v) is 8.83. The van der Waals surface area contributed by atoms with Gasteiger partial charge in [0.2, 0.25) is 6.61 Å². The topological polar surface area (TPSA) is 116 Å². The summed E-state index contributed by atoms with van der Waals surface area (Å²) in [4.78, 5) is 28.8. The zero-order valence-electron chi connectivity index (χ0n) is 18.0. The second-order valence-corrected chi connectivity index (χ2v) is 10.4. The van der Waals surface area contributed by atoms with E-state index in [-0.39, 0.29) is 40.3 Å². The Morgan fingerprint density at radius 1 is 1.13 bits per heavy atom. The highest BCUT2D eigenvalue weighted by molar-refractivity contribution is 5.95. The number of carboxylic acids is 1. The Kier molecular flexibility index (Phi) is 5.34. The van der Waals surface area contributed by atoms with Crippen molar-refractivity contribution >= 4 is 17.5 Å². The van der Waals surface area contributed by atoms with Gasteiger partial charge >= 0.3 is 5.97 Å². The van der Waals surface area contributed by atoms with Gasteiger partial charge in [-0.25, -0.2) is 4.79 Å². The Bertz CT molecular complexity index is 806. The summed E-state index contributed by atoms with van der Waals surface area (Å²) in [6.07, 6.45) is 4.91. The second-order valence-electron chi connectivity index (χ2n) is 10.4. The van der Waals surface area contributed by atoms with Gasteiger partial charge in [-0.2, -0.15) is 0 Å². The van der Waals surface area contributed by atoms with Gasteiger partial charge in [0.05, 0.1) is 17.9 Å². The first-order chi connectivity index (χ1) is 14.1. The highest BCUT2D eigenvalue weighted by atomic mass is 16.6. The fourth-order valence-corrected chi connectivity index (χ4v) is 7.33. The third-order valence-electron chi connectivity index (χ3n) is 8.83. The first-order valence-electron chi connectivity index (χ1n) is 11.1. The van der Waals surface area contributed by atoms with Crippen LogP contribution in [0.15, 0.2) is 16.8 Å². The van der Waals surface area contributed by atoms with Crippen molar-refractivity contribution in [3.63, 3.8) is 0 Å². The van der Waals surface area contributed by atoms with Crippen molar-refractivity contribution in [2.75, 3.05) is 6.61 Å². The molecule has 0 saturated heterocycles. The molecule has 166 valence electrons. The number of carbonyl (C=O) groups is 2. The number of ketones is 1. The molecule has 0 aromatic heterocycles. The van der Waals surface area contributed by atoms with E-state index in [2.05, 4.69) is 19.0 Å². The van der Waals surface area contributed by atoms with Crippen molar-refractivity contribution in [3.8, 4) is 0 Å². The summed E-state index contributed by atoms with van der Waals surface area (Å²) in [5, 5.41) is 33.4. The highest BCUT2D eigenvalue weighted by Crippen LogP contribution is 2.65. The molecule has 0 heterocycles. The Balaban J connectivity index is 1.61. The number of aliphatic hydroxyl groups excluding tert-OH is 2. The lowest BCUT2D eigenvalue weighted by atomic mass is 9.47. The first-order valence-corrected chi connectivity index (χ1v) is 11.1. The summed E-state index contributed by atoms with van der Waals surface area (Å²) in [5.74, 6) is -0.457. The molecule has 3 N–H and O–H groups in total. The van der Waals surface area contributed by atoms with Crippen molar-refractivity contribution in [1.82, 2.24) is 0 Å². The average molecular weight is 420 g/mol. The zero-order valence-corrected chi connectivity index (χ0v) is 18.0. The number of fused-ring (bicyclic) bond motifs is 5. The molecule has 3 fully saturated rings. The molecule has 8 atom stereocenters. The van der Waals surface area contributed by atoms with E-state index in [4.69, 9.17) is 9.94 Å². The number of nitrogens with zero attached hydrogens (tertiary/aromatic N) is 1. The van der Waals surface area contributed by atoms with Gasteiger partial charge < -0.3 is 20.2 Å². The van der Waals surface area contributed by atoms with Crippen molar-refractivity contribution in [3.05, 3.63) is 11.6 Å². The molecule has 0 amide bonds. The molecule has 3 saturated carbocycles. The van der Waals surface area contributed by atoms with Crippen LogP contribution in [0.25, 0.3) is 0 Å². The van der Waals surface area contributed by atoms with Crippen LogP contribution in [0.5, 0.6) is 0 Å². The van der Waals surface area contributed by atoms with Gasteiger partial charge in [-0.05, 0) is 74.2 Å². The fourth-order valence-electron chi connectivity index (χ4n) is 7.33. The number of rotatable bonds is 4. The molecule has 4 aliphatic carbocycles. The quantitative estimate of drug-likeness (QED) is 0.476. The summed E-state index contributed by atoms with van der Waals surface area (Å²) >= 11 is 0. The molecule has 0 radical (unpaired) electrons. The summed E-state index contributed by atoms with van der Waals surface area (Å²) < 4.78 is 0. The normalized spacial score (nSPS) is 45.8.